The van der Waals surface area contributed by atoms with E-state index >= 15 is 0 Å². The number of fused-ring (bicyclic) bond motifs is 1. The van der Waals surface area contributed by atoms with Crippen LogP contribution in [0.1, 0.15) is 70.4 Å². The van der Waals surface area contributed by atoms with Crippen molar-refractivity contribution < 1.29 is 23.5 Å². The first-order chi connectivity index (χ1) is 12.7. The number of benzene rings is 1. The summed E-state index contributed by atoms with van der Waals surface area (Å²) in [4.78, 5) is 34.7. The van der Waals surface area contributed by atoms with Gasteiger partial charge in [-0.05, 0) is 68.1 Å². The van der Waals surface area contributed by atoms with E-state index in [-0.39, 0.29) is 29.7 Å². The molecule has 2 aliphatic heterocycles. The average molecular weight is 397 g/mol. The maximum absolute atomic E-state index is 13.4. The van der Waals surface area contributed by atoms with Gasteiger partial charge in [0.25, 0.3) is 0 Å². The second-order valence-corrected chi connectivity index (χ2v) is 9.77. The molecule has 27 heavy (non-hydrogen) atoms. The Bertz CT molecular complexity index is 728. The lowest BCUT2D eigenvalue weighted by Gasteiger charge is -2.53. The summed E-state index contributed by atoms with van der Waals surface area (Å²) in [6.45, 7) is 4.27. The monoisotopic (exact) mass is 397 g/mol. The Morgan fingerprint density at radius 2 is 1.78 bits per heavy atom. The largest absolute Gasteiger partial charge is 0.337 e. The topological polar surface area (TPSA) is 77.8 Å². The number of halogens is 1. The molecule has 2 heterocycles. The summed E-state index contributed by atoms with van der Waals surface area (Å²) in [6, 6.07) is 5.84. The summed E-state index contributed by atoms with van der Waals surface area (Å²) < 4.78 is 25.4. The summed E-state index contributed by atoms with van der Waals surface area (Å²) in [6.07, 6.45) is 5.13. The summed E-state index contributed by atoms with van der Waals surface area (Å²) in [5, 5.41) is 0. The van der Waals surface area contributed by atoms with E-state index in [4.69, 9.17) is 0 Å². The van der Waals surface area contributed by atoms with Crippen LogP contribution in [0.25, 0.3) is 0 Å². The van der Waals surface area contributed by atoms with Gasteiger partial charge in [-0.2, -0.15) is 0 Å². The number of hydrogen-bond acceptors (Lipinski definition) is 2. The molecule has 2 saturated heterocycles. The molecule has 3 rings (SSSR count). The first-order valence-corrected chi connectivity index (χ1v) is 11.5. The number of amides is 1. The molecule has 7 heteroatoms. The van der Waals surface area contributed by atoms with Crippen molar-refractivity contribution in [2.24, 2.45) is 5.41 Å². The van der Waals surface area contributed by atoms with Gasteiger partial charge in [-0.25, -0.2) is 4.39 Å². The van der Waals surface area contributed by atoms with Gasteiger partial charge in [0, 0.05) is 6.04 Å². The molecule has 0 radical (unpaired) electrons. The third kappa shape index (κ3) is 3.72. The van der Waals surface area contributed by atoms with Crippen molar-refractivity contribution in [1.82, 2.24) is 4.90 Å². The minimum Gasteiger partial charge on any atom is -0.331 e. The van der Waals surface area contributed by atoms with Crippen LogP contribution in [0.2, 0.25) is 0 Å². The molecule has 0 bridgehead atoms. The molecular weight excluding hydrogens is 368 g/mol. The van der Waals surface area contributed by atoms with Gasteiger partial charge in [0.1, 0.15) is 11.5 Å². The van der Waals surface area contributed by atoms with E-state index in [1.807, 2.05) is 0 Å². The maximum Gasteiger partial charge on any atom is 0.337 e. The molecule has 0 saturated carbocycles. The summed E-state index contributed by atoms with van der Waals surface area (Å²) >= 11 is 0. The Hall–Kier alpha value is -1.23. The van der Waals surface area contributed by atoms with Crippen molar-refractivity contribution in [3.05, 3.63) is 35.6 Å². The Labute approximate surface area is 160 Å². The summed E-state index contributed by atoms with van der Waals surface area (Å²) in [5.74, 6) is -0.774. The Kier molecular flexibility index (Phi) is 5.81. The van der Waals surface area contributed by atoms with E-state index in [9.17, 15) is 23.5 Å². The Morgan fingerprint density at radius 1 is 1.15 bits per heavy atom. The summed E-state index contributed by atoms with van der Waals surface area (Å²) in [7, 11) is -4.52. The fourth-order valence-corrected chi connectivity index (χ4v) is 6.13. The highest BCUT2D eigenvalue weighted by atomic mass is 31.2. The highest BCUT2D eigenvalue weighted by Crippen LogP contribution is 2.54. The van der Waals surface area contributed by atoms with Gasteiger partial charge in [0.2, 0.25) is 5.91 Å². The van der Waals surface area contributed by atoms with Crippen LogP contribution in [0, 0.1) is 11.2 Å². The van der Waals surface area contributed by atoms with Gasteiger partial charge in [0.15, 0.2) is 0 Å². The molecule has 2 aliphatic rings. The van der Waals surface area contributed by atoms with Crippen LogP contribution < -0.4 is 0 Å². The molecule has 2 N–H and O–H groups in total. The van der Waals surface area contributed by atoms with E-state index in [0.717, 1.165) is 37.7 Å². The van der Waals surface area contributed by atoms with Gasteiger partial charge in [-0.15, -0.1) is 0 Å². The zero-order valence-electron chi connectivity index (χ0n) is 16.0. The minimum atomic E-state index is -4.52. The third-order valence-electron chi connectivity index (χ3n) is 6.86. The molecule has 1 aromatic carbocycles. The SMILES string of the molecule is CCC1(CC)CC[C@H](c2ccc(F)cc2)N2C(=O)C(P(=O)(O)O)CCC[C@H]21. The lowest BCUT2D eigenvalue weighted by Crippen LogP contribution is -2.56. The van der Waals surface area contributed by atoms with Gasteiger partial charge in [-0.3, -0.25) is 9.36 Å². The zero-order chi connectivity index (χ0) is 19.8. The van der Waals surface area contributed by atoms with Gasteiger partial charge < -0.3 is 14.7 Å². The smallest absolute Gasteiger partial charge is 0.331 e. The normalized spacial score (nSPS) is 28.6. The molecule has 150 valence electrons. The van der Waals surface area contributed by atoms with Crippen LogP contribution >= 0.6 is 7.60 Å². The van der Waals surface area contributed by atoms with Crippen LogP contribution in [-0.4, -0.2) is 32.3 Å². The van der Waals surface area contributed by atoms with Crippen LogP contribution in [0.15, 0.2) is 24.3 Å². The van der Waals surface area contributed by atoms with Crippen molar-refractivity contribution in [2.75, 3.05) is 0 Å². The molecule has 2 fully saturated rings. The van der Waals surface area contributed by atoms with E-state index < -0.39 is 19.2 Å². The van der Waals surface area contributed by atoms with Crippen molar-refractivity contribution >= 4 is 13.5 Å². The first-order valence-electron chi connectivity index (χ1n) is 9.86. The van der Waals surface area contributed by atoms with Crippen LogP contribution in [0.5, 0.6) is 0 Å². The highest BCUT2D eigenvalue weighted by Gasteiger charge is 2.52. The molecule has 5 nitrogen and oxygen atoms in total. The number of piperidine rings is 1. The van der Waals surface area contributed by atoms with Gasteiger partial charge in [0.05, 0.1) is 6.04 Å². The fraction of sp³-hybridized carbons (Fsp3) is 0.650. The van der Waals surface area contributed by atoms with Gasteiger partial charge in [-0.1, -0.05) is 26.0 Å². The lowest BCUT2D eigenvalue weighted by molar-refractivity contribution is -0.144. The fourth-order valence-electron chi connectivity index (χ4n) is 5.19. The standard InChI is InChI=1S/C20H29FNO4P/c1-3-20(4-2)13-12-16(14-8-10-15(21)11-9-14)22-18(20)7-5-6-17(19(22)23)27(24,25)26/h8-11,16-18H,3-7,12-13H2,1-2H3,(H2,24,25,26)/t16-,17?,18+/m1/s1. The van der Waals surface area contributed by atoms with E-state index in [0.29, 0.717) is 6.42 Å². The third-order valence-corrected chi connectivity index (χ3v) is 8.15. The van der Waals surface area contributed by atoms with E-state index in [1.54, 1.807) is 17.0 Å². The number of carbonyl (C=O) groups is 1. The number of rotatable bonds is 4. The molecule has 0 spiro atoms. The average Bonchev–Trinajstić information content (AvgIpc) is 2.81. The predicted molar refractivity (Wildman–Crippen MR) is 102 cm³/mol. The van der Waals surface area contributed by atoms with Crippen molar-refractivity contribution in [3.63, 3.8) is 0 Å². The summed E-state index contributed by atoms with van der Waals surface area (Å²) in [5.41, 5.74) is -0.465. The molecule has 0 aliphatic carbocycles. The molecular formula is C20H29FNO4P. The van der Waals surface area contributed by atoms with Crippen molar-refractivity contribution in [2.45, 2.75) is 76.5 Å². The molecule has 1 unspecified atom stereocenters. The minimum absolute atomic E-state index is 0.0318. The zero-order valence-corrected chi connectivity index (χ0v) is 16.9. The second kappa shape index (κ2) is 7.65. The van der Waals surface area contributed by atoms with Gasteiger partial charge >= 0.3 is 7.60 Å². The van der Waals surface area contributed by atoms with Crippen LogP contribution in [0.4, 0.5) is 4.39 Å². The predicted octanol–water partition coefficient (Wildman–Crippen LogP) is 4.39. The Balaban J connectivity index is 2.08. The number of hydrogen-bond donors (Lipinski definition) is 2. The maximum atomic E-state index is 13.4. The lowest BCUT2D eigenvalue weighted by atomic mass is 9.66. The molecule has 0 aromatic heterocycles. The molecule has 1 aromatic rings. The van der Waals surface area contributed by atoms with Crippen molar-refractivity contribution in [1.29, 1.82) is 0 Å². The highest BCUT2D eigenvalue weighted by molar-refractivity contribution is 7.53. The van der Waals surface area contributed by atoms with E-state index in [2.05, 4.69) is 13.8 Å². The quantitative estimate of drug-likeness (QED) is 0.739. The molecule has 1 amide bonds. The van der Waals surface area contributed by atoms with Crippen LogP contribution in [-0.2, 0) is 9.36 Å². The Morgan fingerprint density at radius 3 is 2.33 bits per heavy atom. The molecule has 3 atom stereocenters. The number of nitrogens with zero attached hydrogens (tertiary/aromatic N) is 1. The first kappa shape index (κ1) is 20.5. The van der Waals surface area contributed by atoms with E-state index in [1.165, 1.54) is 12.1 Å². The second-order valence-electron chi connectivity index (χ2n) is 7.97. The van der Waals surface area contributed by atoms with Crippen LogP contribution in [0.3, 0.4) is 0 Å². The number of carbonyl (C=O) groups excluding carboxylic acids is 1. The van der Waals surface area contributed by atoms with Crippen molar-refractivity contribution in [3.8, 4) is 0 Å².